The van der Waals surface area contributed by atoms with Gasteiger partial charge in [0.1, 0.15) is 5.25 Å². The molecule has 0 amide bonds. The standard InChI is InChI=1S/C11H18N2O3S2/c1-7-11(17-9(3)12-7)8(2)13(4)18(14,15)10-5-16-6-10/h8,10H,5-6H2,1-4H3/t8-/m0/s1. The van der Waals surface area contributed by atoms with E-state index in [0.717, 1.165) is 15.6 Å². The first-order chi connectivity index (χ1) is 8.34. The Morgan fingerprint density at radius 1 is 1.44 bits per heavy atom. The minimum atomic E-state index is -3.27. The van der Waals surface area contributed by atoms with Crippen molar-refractivity contribution in [2.45, 2.75) is 32.1 Å². The van der Waals surface area contributed by atoms with Gasteiger partial charge in [-0.3, -0.25) is 0 Å². The van der Waals surface area contributed by atoms with Gasteiger partial charge in [0.2, 0.25) is 10.0 Å². The van der Waals surface area contributed by atoms with Gasteiger partial charge in [-0.25, -0.2) is 13.4 Å². The summed E-state index contributed by atoms with van der Waals surface area (Å²) in [5.41, 5.74) is 0.914. The van der Waals surface area contributed by atoms with Crippen LogP contribution in [0.1, 0.15) is 28.5 Å². The second-order valence-corrected chi connectivity index (χ2v) is 8.09. The maximum Gasteiger partial charge on any atom is 0.221 e. The molecule has 0 N–H and O–H groups in total. The van der Waals surface area contributed by atoms with Gasteiger partial charge in [0, 0.05) is 11.9 Å². The maximum absolute atomic E-state index is 12.3. The van der Waals surface area contributed by atoms with Crippen molar-refractivity contribution in [2.24, 2.45) is 0 Å². The first kappa shape index (κ1) is 13.9. The SMILES string of the molecule is Cc1nc(C)c([C@H](C)N(C)S(=O)(=O)C2COC2)s1. The van der Waals surface area contributed by atoms with Gasteiger partial charge < -0.3 is 4.74 Å². The molecular weight excluding hydrogens is 272 g/mol. The molecule has 7 heteroatoms. The molecule has 1 aliphatic rings. The van der Waals surface area contributed by atoms with E-state index in [2.05, 4.69) is 4.98 Å². The van der Waals surface area contributed by atoms with Crippen LogP contribution in [-0.2, 0) is 14.8 Å². The van der Waals surface area contributed by atoms with Crippen molar-refractivity contribution in [3.8, 4) is 0 Å². The van der Waals surface area contributed by atoms with Crippen LogP contribution in [0.4, 0.5) is 0 Å². The normalized spacial score (nSPS) is 18.9. The number of aryl methyl sites for hydroxylation is 2. The third kappa shape index (κ3) is 2.32. The van der Waals surface area contributed by atoms with Crippen LogP contribution < -0.4 is 0 Å². The minimum Gasteiger partial charge on any atom is -0.378 e. The van der Waals surface area contributed by atoms with Crippen molar-refractivity contribution in [3.05, 3.63) is 15.6 Å². The average Bonchev–Trinajstić information content (AvgIpc) is 2.52. The highest BCUT2D eigenvalue weighted by atomic mass is 32.2. The van der Waals surface area contributed by atoms with Gasteiger partial charge in [0.05, 0.1) is 30.0 Å². The second-order valence-electron chi connectivity index (χ2n) is 4.58. The van der Waals surface area contributed by atoms with E-state index in [1.807, 2.05) is 20.8 Å². The molecule has 0 bridgehead atoms. The number of ether oxygens (including phenoxy) is 1. The van der Waals surface area contributed by atoms with Crippen LogP contribution in [0.15, 0.2) is 0 Å². The van der Waals surface area contributed by atoms with Crippen molar-refractivity contribution >= 4 is 21.4 Å². The van der Waals surface area contributed by atoms with Gasteiger partial charge in [-0.2, -0.15) is 4.31 Å². The molecule has 0 aliphatic carbocycles. The van der Waals surface area contributed by atoms with E-state index in [9.17, 15) is 8.42 Å². The Morgan fingerprint density at radius 2 is 2.06 bits per heavy atom. The van der Waals surface area contributed by atoms with Crippen molar-refractivity contribution in [1.29, 1.82) is 0 Å². The molecule has 1 aromatic rings. The van der Waals surface area contributed by atoms with Crippen LogP contribution in [0, 0.1) is 13.8 Å². The van der Waals surface area contributed by atoms with E-state index in [4.69, 9.17) is 4.74 Å². The number of aromatic nitrogens is 1. The molecule has 1 atom stereocenters. The minimum absolute atomic E-state index is 0.179. The van der Waals surface area contributed by atoms with Crippen molar-refractivity contribution in [2.75, 3.05) is 20.3 Å². The molecule has 1 saturated heterocycles. The Kier molecular flexibility index (Phi) is 3.77. The molecule has 1 aromatic heterocycles. The number of thiazole rings is 1. The lowest BCUT2D eigenvalue weighted by Gasteiger charge is -2.32. The molecule has 0 saturated carbocycles. The first-order valence-electron chi connectivity index (χ1n) is 5.82. The summed E-state index contributed by atoms with van der Waals surface area (Å²) in [6.07, 6.45) is 0. The topological polar surface area (TPSA) is 59.5 Å². The quantitative estimate of drug-likeness (QED) is 0.843. The van der Waals surface area contributed by atoms with E-state index in [0.29, 0.717) is 13.2 Å². The number of nitrogens with zero attached hydrogens (tertiary/aromatic N) is 2. The Morgan fingerprint density at radius 3 is 2.44 bits per heavy atom. The largest absolute Gasteiger partial charge is 0.378 e. The van der Waals surface area contributed by atoms with Crippen LogP contribution in [0.5, 0.6) is 0 Å². The predicted octanol–water partition coefficient (Wildman–Crippen LogP) is 1.48. The summed E-state index contributed by atoms with van der Waals surface area (Å²) >= 11 is 1.56. The molecule has 0 unspecified atom stereocenters. The summed E-state index contributed by atoms with van der Waals surface area (Å²) in [5.74, 6) is 0. The van der Waals surface area contributed by atoms with Crippen LogP contribution in [0.25, 0.3) is 0 Å². The number of rotatable bonds is 4. The lowest BCUT2D eigenvalue weighted by atomic mass is 10.2. The molecule has 18 heavy (non-hydrogen) atoms. The summed E-state index contributed by atoms with van der Waals surface area (Å²) in [7, 11) is -1.64. The molecule has 102 valence electrons. The van der Waals surface area contributed by atoms with Gasteiger partial charge in [0.25, 0.3) is 0 Å². The molecule has 0 aromatic carbocycles. The smallest absolute Gasteiger partial charge is 0.221 e. The fraction of sp³-hybridized carbons (Fsp3) is 0.727. The molecule has 0 radical (unpaired) electrons. The number of sulfonamides is 1. The predicted molar refractivity (Wildman–Crippen MR) is 71.3 cm³/mol. The maximum atomic E-state index is 12.3. The fourth-order valence-corrected chi connectivity index (χ4v) is 4.58. The van der Waals surface area contributed by atoms with Gasteiger partial charge in [-0.15, -0.1) is 11.3 Å². The van der Waals surface area contributed by atoms with Gasteiger partial charge >= 0.3 is 0 Å². The Balaban J connectivity index is 2.23. The average molecular weight is 290 g/mol. The zero-order valence-electron chi connectivity index (χ0n) is 11.0. The molecular formula is C11H18N2O3S2. The second kappa shape index (κ2) is 4.88. The number of hydrogen-bond donors (Lipinski definition) is 0. The summed E-state index contributed by atoms with van der Waals surface area (Å²) < 4.78 is 31.0. The van der Waals surface area contributed by atoms with Crippen LogP contribution in [-0.4, -0.2) is 43.2 Å². The van der Waals surface area contributed by atoms with E-state index in [-0.39, 0.29) is 11.3 Å². The van der Waals surface area contributed by atoms with Crippen LogP contribution in [0.3, 0.4) is 0 Å². The summed E-state index contributed by atoms with van der Waals surface area (Å²) in [4.78, 5) is 5.36. The zero-order chi connectivity index (χ0) is 13.5. The summed E-state index contributed by atoms with van der Waals surface area (Å²) in [6.45, 7) is 6.36. The molecule has 1 aliphatic heterocycles. The van der Waals surface area contributed by atoms with E-state index >= 15 is 0 Å². The highest BCUT2D eigenvalue weighted by Gasteiger charge is 2.38. The summed E-state index contributed by atoms with van der Waals surface area (Å²) in [5, 5.41) is 0.575. The molecule has 5 nitrogen and oxygen atoms in total. The number of hydrogen-bond acceptors (Lipinski definition) is 5. The zero-order valence-corrected chi connectivity index (χ0v) is 12.6. The lowest BCUT2D eigenvalue weighted by Crippen LogP contribution is -2.48. The van der Waals surface area contributed by atoms with E-state index in [1.54, 1.807) is 18.4 Å². The fourth-order valence-electron chi connectivity index (χ4n) is 1.94. The highest BCUT2D eigenvalue weighted by Crippen LogP contribution is 2.31. The monoisotopic (exact) mass is 290 g/mol. The lowest BCUT2D eigenvalue weighted by molar-refractivity contribution is 0.0390. The summed E-state index contributed by atoms with van der Waals surface area (Å²) in [6, 6.07) is -0.179. The van der Waals surface area contributed by atoms with Crippen molar-refractivity contribution in [1.82, 2.24) is 9.29 Å². The van der Waals surface area contributed by atoms with Gasteiger partial charge in [0.15, 0.2) is 0 Å². The van der Waals surface area contributed by atoms with Crippen molar-refractivity contribution in [3.63, 3.8) is 0 Å². The Labute approximate surface area is 112 Å². The molecule has 0 spiro atoms. The van der Waals surface area contributed by atoms with Crippen molar-refractivity contribution < 1.29 is 13.2 Å². The first-order valence-corrected chi connectivity index (χ1v) is 8.14. The molecule has 2 rings (SSSR count). The third-order valence-electron chi connectivity index (χ3n) is 3.29. The van der Waals surface area contributed by atoms with Crippen LogP contribution in [0.2, 0.25) is 0 Å². The van der Waals surface area contributed by atoms with E-state index < -0.39 is 10.0 Å². The van der Waals surface area contributed by atoms with Gasteiger partial charge in [-0.1, -0.05) is 0 Å². The Bertz CT molecular complexity index is 534. The third-order valence-corrected chi connectivity index (χ3v) is 6.77. The van der Waals surface area contributed by atoms with E-state index in [1.165, 1.54) is 4.31 Å². The highest BCUT2D eigenvalue weighted by molar-refractivity contribution is 7.89. The molecule has 1 fully saturated rings. The Hall–Kier alpha value is -0.500. The van der Waals surface area contributed by atoms with Crippen LogP contribution >= 0.6 is 11.3 Å². The van der Waals surface area contributed by atoms with Gasteiger partial charge in [-0.05, 0) is 20.8 Å². The molecule has 2 heterocycles.